The van der Waals surface area contributed by atoms with Gasteiger partial charge < -0.3 is 39.9 Å². The number of hydrogen-bond donors (Lipinski definition) is 4. The summed E-state index contributed by atoms with van der Waals surface area (Å²) in [5, 5.41) is 36.8. The maximum absolute atomic E-state index is 12.7. The average molecular weight is 516 g/mol. The molecule has 0 unspecified atom stereocenters. The number of nitrogens with one attached hydrogen (secondary N) is 1. The predicted molar refractivity (Wildman–Crippen MR) is 136 cm³/mol. The first-order valence-electron chi connectivity index (χ1n) is 13.2. The van der Waals surface area contributed by atoms with Crippen LogP contribution in [0.15, 0.2) is 0 Å². The molecule has 0 radical (unpaired) electrons. The van der Waals surface area contributed by atoms with Gasteiger partial charge in [0.05, 0.1) is 29.8 Å². The Morgan fingerprint density at radius 2 is 1.78 bits per heavy atom. The van der Waals surface area contributed by atoms with Crippen LogP contribution in [0.2, 0.25) is 0 Å². The molecule has 2 heterocycles. The summed E-state index contributed by atoms with van der Waals surface area (Å²) in [5.41, 5.74) is -1.45. The van der Waals surface area contributed by atoms with E-state index in [1.807, 2.05) is 32.8 Å². The van der Waals surface area contributed by atoms with Crippen molar-refractivity contribution in [3.8, 4) is 0 Å². The zero-order valence-electron chi connectivity index (χ0n) is 23.3. The second kappa shape index (κ2) is 13.0. The highest BCUT2D eigenvalue weighted by Gasteiger charge is 2.47. The zero-order chi connectivity index (χ0) is 27.4. The van der Waals surface area contributed by atoms with Crippen LogP contribution in [0.5, 0.6) is 0 Å². The van der Waals surface area contributed by atoms with E-state index in [2.05, 4.69) is 5.32 Å². The van der Waals surface area contributed by atoms with E-state index in [9.17, 15) is 24.9 Å². The smallest absolute Gasteiger partial charge is 0.225 e. The van der Waals surface area contributed by atoms with Gasteiger partial charge in [0.1, 0.15) is 6.10 Å². The summed E-state index contributed by atoms with van der Waals surface area (Å²) in [7, 11) is 5.51. The SMILES string of the molecule is C[C@H]1CN(C)C(=O)CCCNC(=O)[C@H](C)[C@@H](O)[C@H](C)[C@@H](O[C@@H]2O[C@H](C)C[C@H](N(C)C)[C@H]2O)[C@](C)(O)C1. The summed E-state index contributed by atoms with van der Waals surface area (Å²) in [5.74, 6) is -1.86. The fourth-order valence-corrected chi connectivity index (χ4v) is 5.68. The highest BCUT2D eigenvalue weighted by molar-refractivity contribution is 5.79. The van der Waals surface area contributed by atoms with E-state index in [-0.39, 0.29) is 36.3 Å². The first kappa shape index (κ1) is 30.9. The van der Waals surface area contributed by atoms with Gasteiger partial charge in [-0.2, -0.15) is 0 Å². The number of amides is 2. The lowest BCUT2D eigenvalue weighted by Gasteiger charge is -2.46. The van der Waals surface area contributed by atoms with Crippen LogP contribution in [0, 0.1) is 17.8 Å². The molecule has 0 aromatic carbocycles. The Morgan fingerprint density at radius 3 is 2.39 bits per heavy atom. The maximum Gasteiger partial charge on any atom is 0.225 e. The molecule has 0 aromatic rings. The van der Waals surface area contributed by atoms with Crippen molar-refractivity contribution in [2.45, 2.75) is 103 Å². The second-order valence-corrected chi connectivity index (χ2v) is 11.6. The lowest BCUT2D eigenvalue weighted by atomic mass is 9.78. The first-order chi connectivity index (χ1) is 16.7. The summed E-state index contributed by atoms with van der Waals surface area (Å²) in [6.07, 6.45) is -2.51. The van der Waals surface area contributed by atoms with E-state index in [4.69, 9.17) is 9.47 Å². The Morgan fingerprint density at radius 1 is 1.14 bits per heavy atom. The molecule has 0 saturated carbocycles. The lowest BCUT2D eigenvalue weighted by Crippen LogP contribution is -2.59. The molecule has 2 aliphatic rings. The molecule has 2 fully saturated rings. The Bertz CT molecular complexity index is 734. The number of carbonyl (C=O) groups excluding carboxylic acids is 2. The third-order valence-electron chi connectivity index (χ3n) is 7.75. The molecular weight excluding hydrogens is 466 g/mol. The van der Waals surface area contributed by atoms with Crippen molar-refractivity contribution in [3.05, 3.63) is 0 Å². The largest absolute Gasteiger partial charge is 0.392 e. The molecule has 0 spiro atoms. The number of ether oxygens (including phenoxy) is 2. The van der Waals surface area contributed by atoms with Crippen LogP contribution < -0.4 is 5.32 Å². The van der Waals surface area contributed by atoms with Gasteiger partial charge >= 0.3 is 0 Å². The maximum atomic E-state index is 12.7. The molecule has 0 bridgehead atoms. The Hall–Kier alpha value is -1.30. The Balaban J connectivity index is 2.39. The molecule has 2 aliphatic heterocycles. The number of nitrogens with zero attached hydrogens (tertiary/aromatic N) is 2. The van der Waals surface area contributed by atoms with Gasteiger partial charge in [0, 0.05) is 38.5 Å². The fraction of sp³-hybridized carbons (Fsp3) is 0.923. The summed E-state index contributed by atoms with van der Waals surface area (Å²) in [6.45, 7) is 9.67. The molecule has 2 amide bonds. The van der Waals surface area contributed by atoms with Gasteiger partial charge in [0.15, 0.2) is 6.29 Å². The summed E-state index contributed by atoms with van der Waals surface area (Å²) >= 11 is 0. The van der Waals surface area contributed by atoms with E-state index < -0.39 is 42.0 Å². The van der Waals surface area contributed by atoms with Crippen molar-refractivity contribution in [3.63, 3.8) is 0 Å². The van der Waals surface area contributed by atoms with Crippen LogP contribution in [0.4, 0.5) is 0 Å². The molecule has 10 heteroatoms. The van der Waals surface area contributed by atoms with Crippen molar-refractivity contribution < 1.29 is 34.4 Å². The number of likely N-dealkylation sites (N-methyl/N-ethyl adjacent to an activating group) is 1. The van der Waals surface area contributed by atoms with Crippen molar-refractivity contribution in [2.24, 2.45) is 17.8 Å². The molecule has 210 valence electrons. The van der Waals surface area contributed by atoms with E-state index in [0.717, 1.165) is 0 Å². The summed E-state index contributed by atoms with van der Waals surface area (Å²) in [4.78, 5) is 28.8. The van der Waals surface area contributed by atoms with Crippen LogP contribution in [-0.2, 0) is 19.1 Å². The second-order valence-electron chi connectivity index (χ2n) is 11.6. The van der Waals surface area contributed by atoms with E-state index in [0.29, 0.717) is 32.4 Å². The molecule has 0 aromatic heterocycles. The van der Waals surface area contributed by atoms with E-state index in [1.54, 1.807) is 32.7 Å². The normalized spacial score (nSPS) is 42.6. The molecule has 10 atom stereocenters. The van der Waals surface area contributed by atoms with E-state index in [1.165, 1.54) is 0 Å². The minimum Gasteiger partial charge on any atom is -0.392 e. The summed E-state index contributed by atoms with van der Waals surface area (Å²) < 4.78 is 12.3. The molecular formula is C26H49N3O7. The lowest BCUT2D eigenvalue weighted by molar-refractivity contribution is -0.299. The Kier molecular flexibility index (Phi) is 11.1. The van der Waals surface area contributed by atoms with Gasteiger partial charge in [-0.3, -0.25) is 9.59 Å². The average Bonchev–Trinajstić information content (AvgIpc) is 2.78. The highest BCUT2D eigenvalue weighted by Crippen LogP contribution is 2.35. The molecule has 2 rings (SSSR count). The van der Waals surface area contributed by atoms with Gasteiger partial charge in [-0.15, -0.1) is 0 Å². The van der Waals surface area contributed by atoms with E-state index >= 15 is 0 Å². The molecule has 2 saturated heterocycles. The minimum atomic E-state index is -1.45. The summed E-state index contributed by atoms with van der Waals surface area (Å²) in [6, 6.07) is -0.200. The third kappa shape index (κ3) is 7.85. The van der Waals surface area contributed by atoms with Crippen LogP contribution >= 0.6 is 0 Å². The van der Waals surface area contributed by atoms with Crippen molar-refractivity contribution in [1.82, 2.24) is 15.1 Å². The van der Waals surface area contributed by atoms with Crippen LogP contribution in [0.1, 0.15) is 60.3 Å². The van der Waals surface area contributed by atoms with Gasteiger partial charge in [0.2, 0.25) is 11.8 Å². The van der Waals surface area contributed by atoms with Crippen LogP contribution in [0.25, 0.3) is 0 Å². The topological polar surface area (TPSA) is 132 Å². The van der Waals surface area contributed by atoms with Gasteiger partial charge in [-0.1, -0.05) is 20.8 Å². The van der Waals surface area contributed by atoms with Gasteiger partial charge in [-0.05, 0) is 53.1 Å². The van der Waals surface area contributed by atoms with Crippen LogP contribution in [-0.4, -0.2) is 114 Å². The number of aliphatic hydroxyl groups excluding tert-OH is 2. The minimum absolute atomic E-state index is 0.0256. The fourth-order valence-electron chi connectivity index (χ4n) is 5.68. The Labute approximate surface area is 216 Å². The molecule has 36 heavy (non-hydrogen) atoms. The standard InChI is InChI=1S/C26H49N3O7/c1-15-13-26(5,34)23(36-25-22(32)19(28(6)7)12-16(2)35-25)17(3)21(31)18(4)24(33)27-11-9-10-20(30)29(8)14-15/h15-19,21-23,25,31-32,34H,9-14H2,1-8H3,(H,27,33)/t15-,16-,17+,18-,19+,21+,22-,23-,25+,26-/m1/s1. The van der Waals surface area contributed by atoms with Crippen molar-refractivity contribution in [2.75, 3.05) is 34.2 Å². The molecule has 0 aliphatic carbocycles. The van der Waals surface area contributed by atoms with Crippen molar-refractivity contribution in [1.29, 1.82) is 0 Å². The number of hydrogen-bond acceptors (Lipinski definition) is 8. The van der Waals surface area contributed by atoms with Gasteiger partial charge in [-0.25, -0.2) is 0 Å². The molecule has 10 nitrogen and oxygen atoms in total. The zero-order valence-corrected chi connectivity index (χ0v) is 23.3. The third-order valence-corrected chi connectivity index (χ3v) is 7.75. The number of aliphatic hydroxyl groups is 3. The van der Waals surface area contributed by atoms with Crippen molar-refractivity contribution >= 4 is 11.8 Å². The number of rotatable bonds is 3. The van der Waals surface area contributed by atoms with Gasteiger partial charge in [0.25, 0.3) is 0 Å². The molecule has 4 N–H and O–H groups in total. The highest BCUT2D eigenvalue weighted by atomic mass is 16.7. The van der Waals surface area contributed by atoms with Crippen LogP contribution in [0.3, 0.4) is 0 Å². The number of carbonyl (C=O) groups is 2. The quantitative estimate of drug-likeness (QED) is 0.429. The predicted octanol–water partition coefficient (Wildman–Crippen LogP) is 0.576. The first-order valence-corrected chi connectivity index (χ1v) is 13.2. The monoisotopic (exact) mass is 515 g/mol.